The number of ether oxygens (including phenoxy) is 5. The highest BCUT2D eigenvalue weighted by Crippen LogP contribution is 2.38. The summed E-state index contributed by atoms with van der Waals surface area (Å²) in [5.41, 5.74) is 0. The second-order valence-corrected chi connectivity index (χ2v) is 8.09. The molecule has 0 radical (unpaired) electrons. The zero-order chi connectivity index (χ0) is 23.7. The van der Waals surface area contributed by atoms with E-state index in [4.69, 9.17) is 23.7 Å². The maximum Gasteiger partial charge on any atom is 0.407 e. The molecule has 2 rings (SSSR count). The summed E-state index contributed by atoms with van der Waals surface area (Å²) in [6, 6.07) is -0.844. The first-order valence-corrected chi connectivity index (χ1v) is 11.1. The fraction of sp³-hybridized carbons (Fsp3) is 0.857. The molecule has 11 heteroatoms. The molecule has 0 aromatic heterocycles. The molecule has 2 aliphatic heterocycles. The van der Waals surface area contributed by atoms with E-state index in [-0.39, 0.29) is 13.0 Å². The van der Waals surface area contributed by atoms with E-state index in [9.17, 15) is 24.6 Å². The number of amides is 1. The Labute approximate surface area is 187 Å². The van der Waals surface area contributed by atoms with Gasteiger partial charge in [0.2, 0.25) is 0 Å². The quantitative estimate of drug-likeness (QED) is 0.204. The number of carbonyl (C=O) groups is 3. The van der Waals surface area contributed by atoms with Gasteiger partial charge < -0.3 is 39.2 Å². The fourth-order valence-corrected chi connectivity index (χ4v) is 4.03. The van der Waals surface area contributed by atoms with Crippen LogP contribution in [0.2, 0.25) is 0 Å². The lowest BCUT2D eigenvalue weighted by molar-refractivity contribution is -0.308. The molecule has 32 heavy (non-hydrogen) atoms. The molecule has 2 heterocycles. The first-order valence-electron chi connectivity index (χ1n) is 11.1. The highest BCUT2D eigenvalue weighted by molar-refractivity contribution is 5.79. The smallest absolute Gasteiger partial charge is 0.407 e. The summed E-state index contributed by atoms with van der Waals surface area (Å²) < 4.78 is 27.2. The van der Waals surface area contributed by atoms with E-state index < -0.39 is 60.9 Å². The third kappa shape index (κ3) is 6.53. The van der Waals surface area contributed by atoms with Crippen molar-refractivity contribution in [3.63, 3.8) is 0 Å². The lowest BCUT2D eigenvalue weighted by Crippen LogP contribution is -2.66. The predicted molar refractivity (Wildman–Crippen MR) is 109 cm³/mol. The number of aliphatic hydroxyl groups is 2. The molecular weight excluding hydrogens is 426 g/mol. The van der Waals surface area contributed by atoms with E-state index in [0.717, 1.165) is 39.0 Å². The summed E-state index contributed by atoms with van der Waals surface area (Å²) in [7, 11) is 1.17. The number of unbranched alkanes of at least 4 members (excludes halogenated alkanes) is 5. The summed E-state index contributed by atoms with van der Waals surface area (Å²) in [6.45, 7) is 2.71. The fourth-order valence-electron chi connectivity index (χ4n) is 4.03. The monoisotopic (exact) mass is 461 g/mol. The van der Waals surface area contributed by atoms with Crippen molar-refractivity contribution in [2.75, 3.05) is 20.3 Å². The number of esters is 2. The van der Waals surface area contributed by atoms with Crippen LogP contribution in [0.3, 0.4) is 0 Å². The first-order chi connectivity index (χ1) is 15.3. The topological polar surface area (TPSA) is 150 Å². The highest BCUT2D eigenvalue weighted by atomic mass is 16.7. The Kier molecular flexibility index (Phi) is 10.1. The number of rotatable bonds is 13. The third-order valence-corrected chi connectivity index (χ3v) is 5.62. The van der Waals surface area contributed by atoms with Crippen molar-refractivity contribution < 1.29 is 48.3 Å². The molecule has 6 atom stereocenters. The molecule has 0 unspecified atom stereocenters. The largest absolute Gasteiger partial charge is 0.465 e. The van der Waals surface area contributed by atoms with Crippen LogP contribution in [0, 0.1) is 0 Å². The number of carbonyl (C=O) groups excluding carboxylic acids is 3. The summed E-state index contributed by atoms with van der Waals surface area (Å²) in [6.07, 6.45) is 0.104. The van der Waals surface area contributed by atoms with Gasteiger partial charge in [0, 0.05) is 6.92 Å². The zero-order valence-electron chi connectivity index (χ0n) is 18.9. The molecule has 0 spiro atoms. The van der Waals surface area contributed by atoms with Gasteiger partial charge in [-0.15, -0.1) is 0 Å². The predicted octanol–water partition coefficient (Wildman–Crippen LogP) is 0.784. The molecule has 1 amide bonds. The Hall–Kier alpha value is -1.95. The van der Waals surface area contributed by atoms with Crippen molar-refractivity contribution in [3.05, 3.63) is 0 Å². The number of nitrogens with one attached hydrogen (secondary N) is 1. The molecule has 0 bridgehead atoms. The second kappa shape index (κ2) is 12.3. The van der Waals surface area contributed by atoms with Crippen molar-refractivity contribution in [1.82, 2.24) is 5.32 Å². The SMILES string of the molecule is CCCCCCCCO[C@]1(C(=O)OC)C[C@@H]2OC(=O)N[C@H]2[C@H]([C@H](OC(C)=O)[C@H](O)CO)O1. The van der Waals surface area contributed by atoms with Gasteiger partial charge in [-0.3, -0.25) is 4.79 Å². The first kappa shape index (κ1) is 26.3. The molecule has 0 saturated carbocycles. The van der Waals surface area contributed by atoms with Crippen molar-refractivity contribution in [1.29, 1.82) is 0 Å². The number of alkyl carbamates (subject to hydrolysis) is 1. The van der Waals surface area contributed by atoms with Crippen LogP contribution >= 0.6 is 0 Å². The van der Waals surface area contributed by atoms with Crippen LogP contribution in [0.5, 0.6) is 0 Å². The van der Waals surface area contributed by atoms with Crippen molar-refractivity contribution in [3.8, 4) is 0 Å². The maximum absolute atomic E-state index is 12.7. The van der Waals surface area contributed by atoms with Gasteiger partial charge in [-0.25, -0.2) is 9.59 Å². The number of fused-ring (bicyclic) bond motifs is 1. The van der Waals surface area contributed by atoms with Crippen molar-refractivity contribution >= 4 is 18.0 Å². The van der Waals surface area contributed by atoms with Gasteiger partial charge in [0.15, 0.2) is 6.10 Å². The van der Waals surface area contributed by atoms with E-state index in [2.05, 4.69) is 12.2 Å². The molecule has 184 valence electrons. The summed E-state index contributed by atoms with van der Waals surface area (Å²) in [4.78, 5) is 36.3. The molecule has 11 nitrogen and oxygen atoms in total. The summed E-state index contributed by atoms with van der Waals surface area (Å²) >= 11 is 0. The zero-order valence-corrected chi connectivity index (χ0v) is 18.9. The van der Waals surface area contributed by atoms with Gasteiger partial charge in [0.05, 0.1) is 32.8 Å². The molecule has 2 saturated heterocycles. The lowest BCUT2D eigenvalue weighted by atomic mass is 9.89. The van der Waals surface area contributed by atoms with Gasteiger partial charge >= 0.3 is 18.0 Å². The Bertz CT molecular complexity index is 644. The lowest BCUT2D eigenvalue weighted by Gasteiger charge is -2.45. The summed E-state index contributed by atoms with van der Waals surface area (Å²) in [5.74, 6) is -3.51. The average Bonchev–Trinajstić information content (AvgIpc) is 3.14. The van der Waals surface area contributed by atoms with Crippen LogP contribution in [-0.2, 0) is 33.3 Å². The number of hydrogen-bond donors (Lipinski definition) is 3. The Morgan fingerprint density at radius 3 is 2.56 bits per heavy atom. The standard InChI is InChI=1S/C21H35NO10/c1-4-5-6-7-8-9-10-29-21(19(26)28-3)11-15-16(22-20(27)31-15)18(32-21)17(14(25)12-23)30-13(2)24/h14-18,23,25H,4-12H2,1-3H3,(H,22,27)/t14-,15+,16-,17-,18-,21-/m1/s1. The van der Waals surface area contributed by atoms with Gasteiger partial charge in [-0.1, -0.05) is 39.0 Å². The third-order valence-electron chi connectivity index (χ3n) is 5.62. The van der Waals surface area contributed by atoms with E-state index >= 15 is 0 Å². The minimum atomic E-state index is -1.93. The van der Waals surface area contributed by atoms with Gasteiger partial charge in [-0.05, 0) is 6.42 Å². The van der Waals surface area contributed by atoms with Crippen LogP contribution in [0.15, 0.2) is 0 Å². The Balaban J connectivity index is 2.22. The van der Waals surface area contributed by atoms with Gasteiger partial charge in [-0.2, -0.15) is 0 Å². The van der Waals surface area contributed by atoms with Crippen LogP contribution in [-0.4, -0.2) is 84.8 Å². The van der Waals surface area contributed by atoms with Crippen LogP contribution in [0.25, 0.3) is 0 Å². The molecule has 2 aliphatic rings. The molecule has 0 aromatic rings. The number of aliphatic hydroxyl groups excluding tert-OH is 2. The Morgan fingerprint density at radius 1 is 1.25 bits per heavy atom. The second-order valence-electron chi connectivity index (χ2n) is 8.09. The van der Waals surface area contributed by atoms with Crippen LogP contribution < -0.4 is 5.32 Å². The molecule has 2 fully saturated rings. The Morgan fingerprint density at radius 2 is 1.94 bits per heavy atom. The molecule has 3 N–H and O–H groups in total. The van der Waals surface area contributed by atoms with Gasteiger partial charge in [0.1, 0.15) is 18.3 Å². The normalized spacial score (nSPS) is 28.8. The number of hydrogen-bond acceptors (Lipinski definition) is 10. The number of methoxy groups -OCH3 is 1. The van der Waals surface area contributed by atoms with E-state index in [0.29, 0.717) is 6.42 Å². The van der Waals surface area contributed by atoms with Crippen molar-refractivity contribution in [2.45, 2.75) is 95.0 Å². The van der Waals surface area contributed by atoms with Gasteiger partial charge in [0.25, 0.3) is 5.79 Å². The minimum Gasteiger partial charge on any atom is -0.465 e. The van der Waals surface area contributed by atoms with E-state index in [1.807, 2.05) is 0 Å². The van der Waals surface area contributed by atoms with E-state index in [1.54, 1.807) is 0 Å². The van der Waals surface area contributed by atoms with Crippen molar-refractivity contribution in [2.24, 2.45) is 0 Å². The minimum absolute atomic E-state index is 0.141. The van der Waals surface area contributed by atoms with Crippen LogP contribution in [0.4, 0.5) is 4.79 Å². The summed E-state index contributed by atoms with van der Waals surface area (Å²) in [5, 5.41) is 22.3. The van der Waals surface area contributed by atoms with E-state index in [1.165, 1.54) is 7.11 Å². The van der Waals surface area contributed by atoms with Crippen LogP contribution in [0.1, 0.15) is 58.8 Å². The maximum atomic E-state index is 12.7. The average molecular weight is 462 g/mol. The molecule has 0 aromatic carbocycles. The molecular formula is C21H35NO10. The highest BCUT2D eigenvalue weighted by Gasteiger charge is 2.60. The molecule has 0 aliphatic carbocycles.